The number of hydrogen-bond donors (Lipinski definition) is 0. The highest BCUT2D eigenvalue weighted by atomic mass is 32.1. The van der Waals surface area contributed by atoms with Gasteiger partial charge in [0.1, 0.15) is 18.2 Å². The molecule has 2 aromatic heterocycles. The number of para-hydroxylation sites is 1. The Morgan fingerprint density at radius 3 is 2.30 bits per heavy atom. The van der Waals surface area contributed by atoms with E-state index in [0.29, 0.717) is 27.4 Å². The van der Waals surface area contributed by atoms with E-state index in [0.717, 1.165) is 22.5 Å². The number of halogens is 4. The fourth-order valence-corrected chi connectivity index (χ4v) is 5.77. The number of thiazole rings is 1. The van der Waals surface area contributed by atoms with E-state index >= 15 is 4.39 Å². The van der Waals surface area contributed by atoms with E-state index in [-0.39, 0.29) is 12.2 Å². The van der Waals surface area contributed by atoms with Gasteiger partial charge in [-0.1, -0.05) is 49.4 Å². The Balaban J connectivity index is 1.26. The first-order chi connectivity index (χ1) is 20.9. The summed E-state index contributed by atoms with van der Waals surface area (Å²) < 4.78 is 60.0. The minimum atomic E-state index is -4.77. The number of aromatic nitrogens is 4. The molecule has 2 atom stereocenters. The van der Waals surface area contributed by atoms with Crippen molar-refractivity contribution in [3.8, 4) is 28.5 Å². The van der Waals surface area contributed by atoms with Gasteiger partial charge in [0, 0.05) is 29.0 Å². The molecule has 3 aromatic carbocycles. The third-order valence-electron chi connectivity index (χ3n) is 7.07. The first kappa shape index (κ1) is 30.9. The molecule has 0 aliphatic heterocycles. The van der Waals surface area contributed by atoms with Crippen LogP contribution in [0.2, 0.25) is 0 Å². The predicted octanol–water partition coefficient (Wildman–Crippen LogP) is 7.77. The Hall–Kier alpha value is -4.58. The van der Waals surface area contributed by atoms with E-state index < -0.39 is 24.4 Å². The molecular formula is C32H29F4N5O2S. The zero-order chi connectivity index (χ0) is 31.6. The summed E-state index contributed by atoms with van der Waals surface area (Å²) in [5.74, 6) is -1.00. The molecule has 2 unspecified atom stereocenters. The van der Waals surface area contributed by atoms with Crippen molar-refractivity contribution in [3.63, 3.8) is 0 Å². The van der Waals surface area contributed by atoms with Crippen LogP contribution >= 0.6 is 11.3 Å². The molecule has 0 radical (unpaired) electrons. The molecule has 0 aliphatic rings. The van der Waals surface area contributed by atoms with Gasteiger partial charge < -0.3 is 4.74 Å². The molecule has 7 nitrogen and oxygen atoms in total. The van der Waals surface area contributed by atoms with Gasteiger partial charge in [-0.25, -0.2) is 14.1 Å². The first-order valence-electron chi connectivity index (χ1n) is 13.7. The summed E-state index contributed by atoms with van der Waals surface area (Å²) in [6, 6.07) is 17.8. The van der Waals surface area contributed by atoms with E-state index in [9.17, 15) is 18.0 Å². The number of carbonyl (C=O) groups is 1. The summed E-state index contributed by atoms with van der Waals surface area (Å²) in [5, 5.41) is 6.32. The van der Waals surface area contributed by atoms with Gasteiger partial charge >= 0.3 is 6.36 Å². The highest BCUT2D eigenvalue weighted by Gasteiger charge is 2.31. The van der Waals surface area contributed by atoms with Crippen molar-refractivity contribution in [2.45, 2.75) is 46.6 Å². The summed E-state index contributed by atoms with van der Waals surface area (Å²) in [5.41, 5.74) is 5.60. The zero-order valence-electron chi connectivity index (χ0n) is 24.3. The summed E-state index contributed by atoms with van der Waals surface area (Å²) >= 11 is 1.37. The van der Waals surface area contributed by atoms with E-state index in [1.807, 2.05) is 48.9 Å². The lowest BCUT2D eigenvalue weighted by atomic mass is 9.95. The maximum Gasteiger partial charge on any atom is 0.573 e. The molecule has 5 aromatic rings. The number of aryl methyl sites for hydroxylation is 3. The predicted molar refractivity (Wildman–Crippen MR) is 160 cm³/mol. The SMILES string of the molecule is Cc1cccc(C)c1-n1c(C)csc1=NC(=O)CC(C)C(F)c1ccc(-c2ncn(-c3ccc(OC(F)(F)F)cc3)n2)cc1. The highest BCUT2D eigenvalue weighted by Crippen LogP contribution is 2.30. The van der Waals surface area contributed by atoms with Crippen LogP contribution in [0, 0.1) is 26.7 Å². The zero-order valence-corrected chi connectivity index (χ0v) is 25.2. The Morgan fingerprint density at radius 1 is 1.00 bits per heavy atom. The number of benzene rings is 3. The lowest BCUT2D eigenvalue weighted by Crippen LogP contribution is -2.19. The van der Waals surface area contributed by atoms with Crippen molar-refractivity contribution < 1.29 is 27.1 Å². The Bertz CT molecular complexity index is 1820. The number of nitrogens with zero attached hydrogens (tertiary/aromatic N) is 5. The lowest BCUT2D eigenvalue weighted by Gasteiger charge is -2.16. The molecule has 0 bridgehead atoms. The van der Waals surface area contributed by atoms with Gasteiger partial charge in [-0.3, -0.25) is 9.36 Å². The van der Waals surface area contributed by atoms with Crippen LogP contribution in [0.1, 0.15) is 41.9 Å². The average Bonchev–Trinajstić information content (AvgIpc) is 3.60. The highest BCUT2D eigenvalue weighted by molar-refractivity contribution is 7.07. The normalized spacial score (nSPS) is 13.6. The fourth-order valence-electron chi connectivity index (χ4n) is 4.90. The first-order valence-corrected chi connectivity index (χ1v) is 14.6. The van der Waals surface area contributed by atoms with Gasteiger partial charge in [0.2, 0.25) is 5.91 Å². The van der Waals surface area contributed by atoms with Gasteiger partial charge in [0.05, 0.1) is 11.4 Å². The minimum absolute atomic E-state index is 0.0641. The minimum Gasteiger partial charge on any atom is -0.406 e. The van der Waals surface area contributed by atoms with Gasteiger partial charge in [-0.05, 0) is 61.7 Å². The number of carbonyl (C=O) groups excluding carboxylic acids is 1. The monoisotopic (exact) mass is 623 g/mol. The maximum atomic E-state index is 15.5. The Labute approximate surface area is 255 Å². The van der Waals surface area contributed by atoms with Crippen LogP contribution in [0.3, 0.4) is 0 Å². The fraction of sp³-hybridized carbons (Fsp3) is 0.250. The number of rotatable bonds is 8. The van der Waals surface area contributed by atoms with Crippen LogP contribution in [-0.2, 0) is 4.79 Å². The van der Waals surface area contributed by atoms with E-state index in [4.69, 9.17) is 0 Å². The van der Waals surface area contributed by atoms with Crippen molar-refractivity contribution in [1.29, 1.82) is 0 Å². The lowest BCUT2D eigenvalue weighted by molar-refractivity contribution is -0.274. The molecule has 1 amide bonds. The summed E-state index contributed by atoms with van der Waals surface area (Å²) in [7, 11) is 0. The molecule has 0 aliphatic carbocycles. The second kappa shape index (κ2) is 12.6. The molecule has 0 N–H and O–H groups in total. The number of hydrogen-bond acceptors (Lipinski definition) is 5. The molecule has 5 rings (SSSR count). The third kappa shape index (κ3) is 6.96. The summed E-state index contributed by atoms with van der Waals surface area (Å²) in [6.45, 7) is 7.67. The number of amides is 1. The van der Waals surface area contributed by atoms with Crippen molar-refractivity contribution in [2.75, 3.05) is 0 Å². The van der Waals surface area contributed by atoms with Crippen LogP contribution in [0.5, 0.6) is 5.75 Å². The van der Waals surface area contributed by atoms with Crippen LogP contribution in [0.25, 0.3) is 22.8 Å². The van der Waals surface area contributed by atoms with Crippen LogP contribution < -0.4 is 9.54 Å². The van der Waals surface area contributed by atoms with Gasteiger partial charge in [0.15, 0.2) is 10.6 Å². The molecule has 12 heteroatoms. The van der Waals surface area contributed by atoms with Crippen molar-refractivity contribution in [3.05, 3.63) is 106 Å². The molecule has 0 fully saturated rings. The standard InChI is InChI=1S/C32H29F4N5O2S/c1-19-6-5-7-20(2)29(19)41-22(4)17-44-31(41)38-27(42)16-21(3)28(33)23-8-10-24(11-9-23)30-37-18-40(39-30)25-12-14-26(15-13-25)43-32(34,35)36/h5-15,17-18,21,28H,16H2,1-4H3. The molecule has 0 saturated heterocycles. The summed E-state index contributed by atoms with van der Waals surface area (Å²) in [4.78, 5) is 22.1. The second-order valence-corrected chi connectivity index (χ2v) is 11.3. The second-order valence-electron chi connectivity index (χ2n) is 10.5. The molecule has 0 spiro atoms. The summed E-state index contributed by atoms with van der Waals surface area (Å²) in [6.07, 6.45) is -4.81. The van der Waals surface area contributed by atoms with Gasteiger partial charge in [-0.2, -0.15) is 4.99 Å². The number of alkyl halides is 4. The van der Waals surface area contributed by atoms with Crippen molar-refractivity contribution in [1.82, 2.24) is 19.3 Å². The number of ether oxygens (including phenoxy) is 1. The van der Waals surface area contributed by atoms with Crippen molar-refractivity contribution in [2.24, 2.45) is 10.9 Å². The molecule has 0 saturated carbocycles. The van der Waals surface area contributed by atoms with Gasteiger partial charge in [-0.15, -0.1) is 29.6 Å². The van der Waals surface area contributed by atoms with E-state index in [2.05, 4.69) is 19.8 Å². The Kier molecular flexibility index (Phi) is 8.82. The Morgan fingerprint density at radius 2 is 1.66 bits per heavy atom. The van der Waals surface area contributed by atoms with Crippen LogP contribution in [0.4, 0.5) is 17.6 Å². The van der Waals surface area contributed by atoms with E-state index in [1.54, 1.807) is 31.2 Å². The maximum absolute atomic E-state index is 15.5. The van der Waals surface area contributed by atoms with Crippen molar-refractivity contribution >= 4 is 17.2 Å². The van der Waals surface area contributed by atoms with E-state index in [1.165, 1.54) is 46.6 Å². The molecule has 228 valence electrons. The van der Waals surface area contributed by atoms with Crippen LogP contribution in [-0.4, -0.2) is 31.6 Å². The smallest absolute Gasteiger partial charge is 0.406 e. The molecule has 2 heterocycles. The molecule has 44 heavy (non-hydrogen) atoms. The topological polar surface area (TPSA) is 74.3 Å². The largest absolute Gasteiger partial charge is 0.573 e. The quantitative estimate of drug-likeness (QED) is 0.166. The third-order valence-corrected chi connectivity index (χ3v) is 8.02. The molecular weight excluding hydrogens is 594 g/mol. The van der Waals surface area contributed by atoms with Gasteiger partial charge in [0.25, 0.3) is 0 Å². The average molecular weight is 624 g/mol. The van der Waals surface area contributed by atoms with Crippen LogP contribution in [0.15, 0.2) is 83.4 Å².